The highest BCUT2D eigenvalue weighted by atomic mass is 127. The van der Waals surface area contributed by atoms with Crippen LogP contribution in [0.1, 0.15) is 13.3 Å². The molecule has 0 aliphatic carbocycles. The Hall–Kier alpha value is -1.13. The molecule has 8 heteroatoms. The third-order valence-corrected chi connectivity index (χ3v) is 4.89. The number of aliphatic imine (C=N–C) groups is 1. The maximum Gasteiger partial charge on any atom is 0.194 e. The molecule has 3 heterocycles. The number of nitrogens with zero attached hydrogens (tertiary/aromatic N) is 5. The first-order valence-corrected chi connectivity index (χ1v) is 9.86. The topological polar surface area (TPSA) is 56.2 Å². The summed E-state index contributed by atoms with van der Waals surface area (Å²) < 4.78 is 5.40. The lowest BCUT2D eigenvalue weighted by Crippen LogP contribution is -2.52. The predicted molar refractivity (Wildman–Crippen MR) is 121 cm³/mol. The standard InChI is InChI=1S/C19H32N6O.HI/c1-2-20-19(22-8-5-9-23-14-16-26-17-15-23)25-12-10-24(11-13-25)18-6-3-4-7-21-18;/h3-4,6-7H,2,5,8-17H2,1H3,(H,20,22);1H. The maximum atomic E-state index is 5.40. The molecule has 0 unspecified atom stereocenters. The molecule has 0 bridgehead atoms. The number of nitrogens with one attached hydrogen (secondary N) is 1. The fraction of sp³-hybridized carbons (Fsp3) is 0.684. The van der Waals surface area contributed by atoms with Crippen LogP contribution in [0.5, 0.6) is 0 Å². The molecule has 1 aromatic rings. The lowest BCUT2D eigenvalue weighted by atomic mass is 10.3. The van der Waals surface area contributed by atoms with Crippen molar-refractivity contribution < 1.29 is 4.74 Å². The van der Waals surface area contributed by atoms with Gasteiger partial charge in [-0.2, -0.15) is 0 Å². The summed E-state index contributed by atoms with van der Waals surface area (Å²) in [6.45, 7) is 12.8. The number of morpholine rings is 1. The molecule has 7 nitrogen and oxygen atoms in total. The van der Waals surface area contributed by atoms with Crippen LogP contribution in [0.2, 0.25) is 0 Å². The molecule has 27 heavy (non-hydrogen) atoms. The van der Waals surface area contributed by atoms with Crippen LogP contribution >= 0.6 is 24.0 Å². The van der Waals surface area contributed by atoms with Gasteiger partial charge in [0.1, 0.15) is 5.82 Å². The van der Waals surface area contributed by atoms with Crippen LogP contribution in [-0.2, 0) is 4.74 Å². The summed E-state index contributed by atoms with van der Waals surface area (Å²) in [5, 5.41) is 3.45. The molecule has 0 atom stereocenters. The molecule has 152 valence electrons. The zero-order valence-corrected chi connectivity index (χ0v) is 18.7. The second-order valence-corrected chi connectivity index (χ2v) is 6.71. The second-order valence-electron chi connectivity index (χ2n) is 6.71. The summed E-state index contributed by atoms with van der Waals surface area (Å²) in [5.74, 6) is 2.12. The number of rotatable bonds is 6. The molecule has 0 aromatic carbocycles. The fourth-order valence-corrected chi connectivity index (χ4v) is 3.42. The second kappa shape index (κ2) is 12.4. The van der Waals surface area contributed by atoms with Crippen molar-refractivity contribution in [2.45, 2.75) is 13.3 Å². The van der Waals surface area contributed by atoms with Gasteiger partial charge in [-0.15, -0.1) is 24.0 Å². The first kappa shape index (κ1) is 22.2. The Morgan fingerprint density at radius 3 is 2.59 bits per heavy atom. The van der Waals surface area contributed by atoms with Crippen LogP contribution in [0.3, 0.4) is 0 Å². The fourth-order valence-electron chi connectivity index (χ4n) is 3.42. The Morgan fingerprint density at radius 2 is 1.93 bits per heavy atom. The minimum absolute atomic E-state index is 0. The number of ether oxygens (including phenoxy) is 1. The van der Waals surface area contributed by atoms with E-state index < -0.39 is 0 Å². The predicted octanol–water partition coefficient (Wildman–Crippen LogP) is 1.51. The Kier molecular flexibility index (Phi) is 10.1. The molecule has 0 spiro atoms. The summed E-state index contributed by atoms with van der Waals surface area (Å²) in [7, 11) is 0. The molecule has 2 aliphatic rings. The largest absolute Gasteiger partial charge is 0.379 e. The van der Waals surface area contributed by atoms with Crippen molar-refractivity contribution in [3.8, 4) is 0 Å². The van der Waals surface area contributed by atoms with Crippen molar-refractivity contribution in [1.82, 2.24) is 20.1 Å². The highest BCUT2D eigenvalue weighted by Crippen LogP contribution is 2.12. The van der Waals surface area contributed by atoms with Crippen molar-refractivity contribution in [3.63, 3.8) is 0 Å². The third-order valence-electron chi connectivity index (χ3n) is 4.89. The molecule has 0 radical (unpaired) electrons. The van der Waals surface area contributed by atoms with Gasteiger partial charge in [0.15, 0.2) is 5.96 Å². The number of hydrogen-bond acceptors (Lipinski definition) is 5. The van der Waals surface area contributed by atoms with E-state index in [1.807, 2.05) is 12.3 Å². The highest BCUT2D eigenvalue weighted by molar-refractivity contribution is 14.0. The Balaban J connectivity index is 0.00000261. The monoisotopic (exact) mass is 488 g/mol. The molecule has 2 saturated heterocycles. The average molecular weight is 488 g/mol. The smallest absolute Gasteiger partial charge is 0.194 e. The van der Waals surface area contributed by atoms with E-state index in [1.165, 1.54) is 0 Å². The number of halogens is 1. The number of pyridine rings is 1. The van der Waals surface area contributed by atoms with E-state index in [4.69, 9.17) is 9.73 Å². The van der Waals surface area contributed by atoms with Crippen molar-refractivity contribution in [2.75, 3.05) is 77.0 Å². The first-order valence-electron chi connectivity index (χ1n) is 9.86. The normalized spacial score (nSPS) is 18.9. The van der Waals surface area contributed by atoms with Crippen molar-refractivity contribution >= 4 is 35.8 Å². The van der Waals surface area contributed by atoms with Crippen molar-refractivity contribution in [2.24, 2.45) is 4.99 Å². The SMILES string of the molecule is CCNC(=NCCCN1CCOCC1)N1CCN(c2ccccn2)CC1.I. The molecule has 1 N–H and O–H groups in total. The van der Waals surface area contributed by atoms with Crippen LogP contribution in [0.4, 0.5) is 5.82 Å². The van der Waals surface area contributed by atoms with Gasteiger partial charge in [-0.25, -0.2) is 4.98 Å². The molecular formula is C19H33IN6O. The number of guanidine groups is 1. The minimum atomic E-state index is 0. The Morgan fingerprint density at radius 1 is 1.15 bits per heavy atom. The van der Waals surface area contributed by atoms with Gasteiger partial charge in [0, 0.05) is 65.1 Å². The van der Waals surface area contributed by atoms with Gasteiger partial charge in [0.05, 0.1) is 13.2 Å². The summed E-state index contributed by atoms with van der Waals surface area (Å²) in [5.41, 5.74) is 0. The van der Waals surface area contributed by atoms with Gasteiger partial charge < -0.3 is 19.9 Å². The number of piperazine rings is 1. The zero-order chi connectivity index (χ0) is 18.0. The van der Waals surface area contributed by atoms with Crippen molar-refractivity contribution in [1.29, 1.82) is 0 Å². The molecule has 2 aliphatic heterocycles. The van der Waals surface area contributed by atoms with Gasteiger partial charge >= 0.3 is 0 Å². The third kappa shape index (κ3) is 7.08. The number of aromatic nitrogens is 1. The van der Waals surface area contributed by atoms with Crippen LogP contribution < -0.4 is 10.2 Å². The number of hydrogen-bond donors (Lipinski definition) is 1. The molecule has 2 fully saturated rings. The maximum absolute atomic E-state index is 5.40. The van der Waals surface area contributed by atoms with Crippen LogP contribution in [-0.4, -0.2) is 92.9 Å². The molecule has 1 aromatic heterocycles. The summed E-state index contributed by atoms with van der Waals surface area (Å²) >= 11 is 0. The van der Waals surface area contributed by atoms with Crippen molar-refractivity contribution in [3.05, 3.63) is 24.4 Å². The zero-order valence-electron chi connectivity index (χ0n) is 16.3. The molecule has 3 rings (SSSR count). The van der Waals surface area contributed by atoms with Crippen LogP contribution in [0.25, 0.3) is 0 Å². The highest BCUT2D eigenvalue weighted by Gasteiger charge is 2.20. The summed E-state index contributed by atoms with van der Waals surface area (Å²) in [4.78, 5) is 16.5. The average Bonchev–Trinajstić information content (AvgIpc) is 2.72. The lowest BCUT2D eigenvalue weighted by Gasteiger charge is -2.37. The van der Waals surface area contributed by atoms with Crippen LogP contribution in [0.15, 0.2) is 29.4 Å². The van der Waals surface area contributed by atoms with Crippen LogP contribution in [0, 0.1) is 0 Å². The van der Waals surface area contributed by atoms with Gasteiger partial charge in [0.2, 0.25) is 0 Å². The van der Waals surface area contributed by atoms with E-state index in [0.29, 0.717) is 0 Å². The Bertz CT molecular complexity index is 544. The van der Waals surface area contributed by atoms with Gasteiger partial charge in [-0.05, 0) is 25.5 Å². The molecule has 0 saturated carbocycles. The summed E-state index contributed by atoms with van der Waals surface area (Å²) in [6, 6.07) is 6.10. The van der Waals surface area contributed by atoms with E-state index in [2.05, 4.69) is 44.1 Å². The summed E-state index contributed by atoms with van der Waals surface area (Å²) in [6.07, 6.45) is 2.96. The van der Waals surface area contributed by atoms with E-state index >= 15 is 0 Å². The first-order chi connectivity index (χ1) is 12.9. The van der Waals surface area contributed by atoms with E-state index in [1.54, 1.807) is 0 Å². The van der Waals surface area contributed by atoms with Gasteiger partial charge in [-0.1, -0.05) is 6.07 Å². The minimum Gasteiger partial charge on any atom is -0.379 e. The lowest BCUT2D eigenvalue weighted by molar-refractivity contribution is 0.0377. The quantitative estimate of drug-likeness (QED) is 0.284. The molecular weight excluding hydrogens is 455 g/mol. The molecule has 0 amide bonds. The Labute approximate surface area is 180 Å². The van der Waals surface area contributed by atoms with Gasteiger partial charge in [-0.3, -0.25) is 9.89 Å². The van der Waals surface area contributed by atoms with E-state index in [9.17, 15) is 0 Å². The van der Waals surface area contributed by atoms with E-state index in [0.717, 1.165) is 90.3 Å². The number of anilines is 1. The van der Waals surface area contributed by atoms with E-state index in [-0.39, 0.29) is 24.0 Å². The van der Waals surface area contributed by atoms with Gasteiger partial charge in [0.25, 0.3) is 0 Å².